The van der Waals surface area contributed by atoms with E-state index in [1.165, 1.54) is 21.9 Å². The smallest absolute Gasteiger partial charge is 0.196 e. The second kappa shape index (κ2) is 9.28. The summed E-state index contributed by atoms with van der Waals surface area (Å²) in [5, 5.41) is 12.6. The molecule has 5 heteroatoms. The molecule has 32 heavy (non-hydrogen) atoms. The van der Waals surface area contributed by atoms with Crippen LogP contribution in [0.15, 0.2) is 102 Å². The summed E-state index contributed by atoms with van der Waals surface area (Å²) in [4.78, 5) is 0. The molecule has 5 aromatic rings. The molecule has 0 amide bonds. The second-order valence-electron chi connectivity index (χ2n) is 7.52. The molecule has 0 unspecified atom stereocenters. The zero-order chi connectivity index (χ0) is 21.8. The predicted octanol–water partition coefficient (Wildman–Crippen LogP) is 6.31. The molecule has 1 heterocycles. The number of hydrogen-bond donors (Lipinski definition) is 0. The van der Waals surface area contributed by atoms with Crippen molar-refractivity contribution in [3.63, 3.8) is 0 Å². The molecule has 0 aliphatic rings. The van der Waals surface area contributed by atoms with E-state index in [2.05, 4.69) is 93.6 Å². The maximum absolute atomic E-state index is 5.34. The SMILES string of the molecule is COc1ccc(-n2c(Cc3ccccc3)nnc2SCc2cccc3ccccc23)cc1. The lowest BCUT2D eigenvalue weighted by Crippen LogP contribution is -2.04. The molecule has 0 saturated carbocycles. The van der Waals surface area contributed by atoms with Crippen LogP contribution in [0, 0.1) is 0 Å². The van der Waals surface area contributed by atoms with Gasteiger partial charge in [-0.05, 0) is 46.2 Å². The number of benzene rings is 4. The van der Waals surface area contributed by atoms with Crippen molar-refractivity contribution in [2.45, 2.75) is 17.3 Å². The summed E-state index contributed by atoms with van der Waals surface area (Å²) in [5.41, 5.74) is 3.53. The molecule has 5 rings (SSSR count). The Hall–Kier alpha value is -3.57. The van der Waals surface area contributed by atoms with Crippen molar-refractivity contribution < 1.29 is 4.74 Å². The van der Waals surface area contributed by atoms with Gasteiger partial charge in [0.05, 0.1) is 7.11 Å². The first-order chi connectivity index (χ1) is 15.8. The van der Waals surface area contributed by atoms with Crippen LogP contribution in [-0.4, -0.2) is 21.9 Å². The average molecular weight is 438 g/mol. The molecule has 4 aromatic carbocycles. The molecule has 1 aromatic heterocycles. The fourth-order valence-electron chi connectivity index (χ4n) is 3.84. The van der Waals surface area contributed by atoms with E-state index in [1.807, 2.05) is 18.2 Å². The van der Waals surface area contributed by atoms with Gasteiger partial charge in [-0.3, -0.25) is 4.57 Å². The Kier molecular flexibility index (Phi) is 5.90. The van der Waals surface area contributed by atoms with Crippen molar-refractivity contribution in [1.29, 1.82) is 0 Å². The van der Waals surface area contributed by atoms with Gasteiger partial charge in [0.15, 0.2) is 5.16 Å². The Bertz CT molecular complexity index is 1330. The molecule has 0 atom stereocenters. The normalized spacial score (nSPS) is 11.0. The van der Waals surface area contributed by atoms with Gasteiger partial charge in [0, 0.05) is 17.9 Å². The van der Waals surface area contributed by atoms with Gasteiger partial charge in [-0.2, -0.15) is 0 Å². The molecule has 0 saturated heterocycles. The minimum Gasteiger partial charge on any atom is -0.497 e. The zero-order valence-electron chi connectivity index (χ0n) is 17.8. The molecule has 0 spiro atoms. The summed E-state index contributed by atoms with van der Waals surface area (Å²) in [6, 6.07) is 33.4. The van der Waals surface area contributed by atoms with Crippen LogP contribution in [0.4, 0.5) is 0 Å². The lowest BCUT2D eigenvalue weighted by molar-refractivity contribution is 0.414. The first-order valence-electron chi connectivity index (χ1n) is 10.5. The molecular weight excluding hydrogens is 414 g/mol. The molecule has 0 fully saturated rings. The maximum Gasteiger partial charge on any atom is 0.196 e. The highest BCUT2D eigenvalue weighted by Crippen LogP contribution is 2.29. The Balaban J connectivity index is 1.49. The third-order valence-electron chi connectivity index (χ3n) is 5.47. The van der Waals surface area contributed by atoms with Crippen molar-refractivity contribution in [1.82, 2.24) is 14.8 Å². The maximum atomic E-state index is 5.34. The highest BCUT2D eigenvalue weighted by atomic mass is 32.2. The number of methoxy groups -OCH3 is 1. The first-order valence-corrected chi connectivity index (χ1v) is 11.5. The summed E-state index contributed by atoms with van der Waals surface area (Å²) < 4.78 is 7.50. The Morgan fingerprint density at radius 1 is 0.781 bits per heavy atom. The Morgan fingerprint density at radius 3 is 2.34 bits per heavy atom. The zero-order valence-corrected chi connectivity index (χ0v) is 18.6. The van der Waals surface area contributed by atoms with E-state index in [-0.39, 0.29) is 0 Å². The van der Waals surface area contributed by atoms with Crippen LogP contribution in [0.5, 0.6) is 5.75 Å². The molecule has 0 radical (unpaired) electrons. The number of fused-ring (bicyclic) bond motifs is 1. The quantitative estimate of drug-likeness (QED) is 0.280. The van der Waals surface area contributed by atoms with E-state index >= 15 is 0 Å². The fourth-order valence-corrected chi connectivity index (χ4v) is 4.81. The van der Waals surface area contributed by atoms with Gasteiger partial charge in [-0.25, -0.2) is 0 Å². The minimum atomic E-state index is 0.717. The number of hydrogen-bond acceptors (Lipinski definition) is 4. The first kappa shape index (κ1) is 20.3. The molecule has 0 aliphatic carbocycles. The van der Waals surface area contributed by atoms with Crippen molar-refractivity contribution in [3.8, 4) is 11.4 Å². The standard InChI is InChI=1S/C27H23N3OS/c1-31-24-16-14-23(15-17-24)30-26(18-20-8-3-2-4-9-20)28-29-27(30)32-19-22-12-7-11-21-10-5-6-13-25(21)22/h2-17H,18-19H2,1H3. The average Bonchev–Trinajstić information content (AvgIpc) is 3.25. The summed E-state index contributed by atoms with van der Waals surface area (Å²) in [7, 11) is 1.68. The van der Waals surface area contributed by atoms with Gasteiger partial charge >= 0.3 is 0 Å². The summed E-state index contributed by atoms with van der Waals surface area (Å²) >= 11 is 1.71. The molecule has 158 valence electrons. The van der Waals surface area contributed by atoms with Gasteiger partial charge in [-0.1, -0.05) is 84.6 Å². The topological polar surface area (TPSA) is 39.9 Å². The van der Waals surface area contributed by atoms with E-state index in [0.717, 1.165) is 28.2 Å². The number of thioether (sulfide) groups is 1. The highest BCUT2D eigenvalue weighted by Gasteiger charge is 2.16. The number of nitrogens with zero attached hydrogens (tertiary/aromatic N) is 3. The fraction of sp³-hybridized carbons (Fsp3) is 0.111. The lowest BCUT2D eigenvalue weighted by atomic mass is 10.1. The monoisotopic (exact) mass is 437 g/mol. The van der Waals surface area contributed by atoms with Crippen LogP contribution in [0.3, 0.4) is 0 Å². The largest absolute Gasteiger partial charge is 0.497 e. The Morgan fingerprint density at radius 2 is 1.53 bits per heavy atom. The minimum absolute atomic E-state index is 0.717. The summed E-state index contributed by atoms with van der Waals surface area (Å²) in [6.07, 6.45) is 0.717. The van der Waals surface area contributed by atoms with E-state index in [1.54, 1.807) is 18.9 Å². The van der Waals surface area contributed by atoms with Crippen LogP contribution < -0.4 is 4.74 Å². The molecule has 4 nitrogen and oxygen atoms in total. The molecule has 0 aliphatic heterocycles. The van der Waals surface area contributed by atoms with Crippen molar-refractivity contribution in [2.24, 2.45) is 0 Å². The van der Waals surface area contributed by atoms with Gasteiger partial charge in [0.1, 0.15) is 11.6 Å². The number of aromatic nitrogens is 3. The van der Waals surface area contributed by atoms with Crippen LogP contribution in [0.1, 0.15) is 17.0 Å². The summed E-state index contributed by atoms with van der Waals surface area (Å²) in [5.74, 6) is 2.57. The van der Waals surface area contributed by atoms with E-state index in [4.69, 9.17) is 4.74 Å². The van der Waals surface area contributed by atoms with Crippen LogP contribution >= 0.6 is 11.8 Å². The Labute approximate surface area is 191 Å². The van der Waals surface area contributed by atoms with E-state index < -0.39 is 0 Å². The molecule has 0 N–H and O–H groups in total. The highest BCUT2D eigenvalue weighted by molar-refractivity contribution is 7.98. The molecule has 0 bridgehead atoms. The number of ether oxygens (including phenoxy) is 1. The van der Waals surface area contributed by atoms with Gasteiger partial charge < -0.3 is 4.74 Å². The van der Waals surface area contributed by atoms with Gasteiger partial charge in [-0.15, -0.1) is 10.2 Å². The second-order valence-corrected chi connectivity index (χ2v) is 8.46. The third-order valence-corrected chi connectivity index (χ3v) is 6.45. The third kappa shape index (κ3) is 4.25. The van der Waals surface area contributed by atoms with Crippen molar-refractivity contribution >= 4 is 22.5 Å². The van der Waals surface area contributed by atoms with Crippen molar-refractivity contribution in [3.05, 3.63) is 114 Å². The summed E-state index contributed by atoms with van der Waals surface area (Å²) in [6.45, 7) is 0. The van der Waals surface area contributed by atoms with Crippen molar-refractivity contribution in [2.75, 3.05) is 7.11 Å². The van der Waals surface area contributed by atoms with Gasteiger partial charge in [0.25, 0.3) is 0 Å². The van der Waals surface area contributed by atoms with E-state index in [9.17, 15) is 0 Å². The van der Waals surface area contributed by atoms with Crippen LogP contribution in [-0.2, 0) is 12.2 Å². The lowest BCUT2D eigenvalue weighted by Gasteiger charge is -2.12. The van der Waals surface area contributed by atoms with Gasteiger partial charge in [0.2, 0.25) is 0 Å². The van der Waals surface area contributed by atoms with Crippen LogP contribution in [0.2, 0.25) is 0 Å². The van der Waals surface area contributed by atoms with E-state index in [0.29, 0.717) is 6.42 Å². The number of rotatable bonds is 7. The predicted molar refractivity (Wildman–Crippen MR) is 131 cm³/mol. The molecular formula is C27H23N3OS. The van der Waals surface area contributed by atoms with Crippen LogP contribution in [0.25, 0.3) is 16.5 Å².